The summed E-state index contributed by atoms with van der Waals surface area (Å²) >= 11 is 0. The number of nitrogens with one attached hydrogen (secondary N) is 1. The Hall–Kier alpha value is -4.10. The standard InChI is InChI=1S/C24H23FN8O/c25-18-4-2-17(3-5-18)23-24(20-6-7-22-29-21(28-16-34)14-33(22)30-20)32(15-27-23)19-8-12-31(13-9-19)11-1-10-26/h2-7,14-16,19H,1,8-9,11-13H2,(H,28,34). The van der Waals surface area contributed by atoms with Gasteiger partial charge in [0, 0.05) is 37.7 Å². The number of nitrogens with zero attached hydrogens (tertiary/aromatic N) is 7. The number of aromatic nitrogens is 5. The van der Waals surface area contributed by atoms with Gasteiger partial charge in [-0.25, -0.2) is 18.9 Å². The number of carbonyl (C=O) groups excluding carboxylic acids is 1. The van der Waals surface area contributed by atoms with Gasteiger partial charge in [-0.2, -0.15) is 10.4 Å². The van der Waals surface area contributed by atoms with Gasteiger partial charge in [-0.05, 0) is 49.2 Å². The predicted octanol–water partition coefficient (Wildman–Crippen LogP) is 3.52. The summed E-state index contributed by atoms with van der Waals surface area (Å²) in [5.41, 5.74) is 3.68. The number of anilines is 1. The zero-order chi connectivity index (χ0) is 23.5. The number of halogens is 1. The largest absolute Gasteiger partial charge is 0.326 e. The molecular formula is C24H23FN8O. The van der Waals surface area contributed by atoms with Crippen molar-refractivity contribution in [3.63, 3.8) is 0 Å². The Balaban J connectivity index is 1.54. The summed E-state index contributed by atoms with van der Waals surface area (Å²) in [5, 5.41) is 16.2. The minimum absolute atomic E-state index is 0.225. The highest BCUT2D eigenvalue weighted by Crippen LogP contribution is 2.35. The second-order valence-electron chi connectivity index (χ2n) is 8.25. The molecule has 0 spiro atoms. The van der Waals surface area contributed by atoms with Crippen molar-refractivity contribution in [3.8, 4) is 28.7 Å². The van der Waals surface area contributed by atoms with Gasteiger partial charge in [-0.3, -0.25) is 4.79 Å². The molecule has 1 amide bonds. The number of carbonyl (C=O) groups is 1. The van der Waals surface area contributed by atoms with Crippen molar-refractivity contribution in [2.24, 2.45) is 0 Å². The van der Waals surface area contributed by atoms with Crippen molar-refractivity contribution >= 4 is 17.9 Å². The van der Waals surface area contributed by atoms with Gasteiger partial charge in [0.2, 0.25) is 6.41 Å². The minimum Gasteiger partial charge on any atom is -0.326 e. The van der Waals surface area contributed by atoms with Gasteiger partial charge in [-0.1, -0.05) is 0 Å². The second-order valence-corrected chi connectivity index (χ2v) is 8.25. The number of fused-ring (bicyclic) bond motifs is 1. The van der Waals surface area contributed by atoms with E-state index < -0.39 is 0 Å². The molecule has 0 radical (unpaired) electrons. The van der Waals surface area contributed by atoms with E-state index >= 15 is 0 Å². The summed E-state index contributed by atoms with van der Waals surface area (Å²) in [6, 6.07) is 12.5. The summed E-state index contributed by atoms with van der Waals surface area (Å²) < 4.78 is 17.4. The van der Waals surface area contributed by atoms with Crippen LogP contribution in [-0.4, -0.2) is 55.1 Å². The molecule has 1 aliphatic rings. The average molecular weight is 459 g/mol. The fourth-order valence-electron chi connectivity index (χ4n) is 4.48. The van der Waals surface area contributed by atoms with Crippen LogP contribution in [0.25, 0.3) is 28.3 Å². The number of hydrogen-bond acceptors (Lipinski definition) is 6. The summed E-state index contributed by atoms with van der Waals surface area (Å²) in [4.78, 5) is 22.1. The maximum Gasteiger partial charge on any atom is 0.212 e. The van der Waals surface area contributed by atoms with Gasteiger partial charge < -0.3 is 14.8 Å². The Kier molecular flexibility index (Phi) is 6.01. The molecule has 172 valence electrons. The van der Waals surface area contributed by atoms with Gasteiger partial charge in [0.25, 0.3) is 0 Å². The number of benzene rings is 1. The van der Waals surface area contributed by atoms with Crippen molar-refractivity contribution in [3.05, 3.63) is 54.7 Å². The Bertz CT molecular complexity index is 1350. The van der Waals surface area contributed by atoms with Crippen LogP contribution >= 0.6 is 0 Å². The highest BCUT2D eigenvalue weighted by atomic mass is 19.1. The SMILES string of the molecule is N#CCCN1CCC(n2cnc(-c3ccc(F)cc3)c2-c2ccc3nc(NC=O)cn3n2)CC1. The van der Waals surface area contributed by atoms with Gasteiger partial charge in [0.15, 0.2) is 11.5 Å². The van der Waals surface area contributed by atoms with Crippen molar-refractivity contribution in [2.75, 3.05) is 25.0 Å². The second kappa shape index (κ2) is 9.41. The molecule has 0 atom stereocenters. The molecule has 10 heteroatoms. The highest BCUT2D eigenvalue weighted by Gasteiger charge is 2.26. The lowest BCUT2D eigenvalue weighted by Crippen LogP contribution is -2.35. The van der Waals surface area contributed by atoms with Crippen LogP contribution in [0, 0.1) is 17.1 Å². The zero-order valence-electron chi connectivity index (χ0n) is 18.4. The Morgan fingerprint density at radius 1 is 1.18 bits per heavy atom. The molecule has 1 aromatic carbocycles. The molecule has 34 heavy (non-hydrogen) atoms. The van der Waals surface area contributed by atoms with E-state index in [4.69, 9.17) is 15.3 Å². The number of rotatable bonds is 7. The van der Waals surface area contributed by atoms with Crippen LogP contribution in [0.15, 0.2) is 48.9 Å². The molecule has 1 N–H and O–H groups in total. The molecule has 0 unspecified atom stereocenters. The van der Waals surface area contributed by atoms with Crippen molar-refractivity contribution in [1.29, 1.82) is 5.26 Å². The lowest BCUT2D eigenvalue weighted by Gasteiger charge is -2.32. The first-order chi connectivity index (χ1) is 16.7. The van der Waals surface area contributed by atoms with Crippen LogP contribution in [0.3, 0.4) is 0 Å². The minimum atomic E-state index is -0.303. The maximum absolute atomic E-state index is 13.6. The molecule has 1 saturated heterocycles. The summed E-state index contributed by atoms with van der Waals surface area (Å²) in [5.74, 6) is 0.110. The Morgan fingerprint density at radius 3 is 2.71 bits per heavy atom. The van der Waals surface area contributed by atoms with Gasteiger partial charge >= 0.3 is 0 Å². The number of imidazole rings is 2. The fraction of sp³-hybridized carbons (Fsp3) is 0.292. The van der Waals surface area contributed by atoms with Gasteiger partial charge in [0.05, 0.1) is 30.0 Å². The molecule has 3 aromatic heterocycles. The molecule has 0 saturated carbocycles. The van der Waals surface area contributed by atoms with Crippen LogP contribution in [0.5, 0.6) is 0 Å². The quantitative estimate of drug-likeness (QED) is 0.425. The molecule has 1 fully saturated rings. The molecule has 1 aliphatic heterocycles. The van der Waals surface area contributed by atoms with Crippen molar-refractivity contribution < 1.29 is 9.18 Å². The van der Waals surface area contributed by atoms with Crippen LogP contribution in [0.4, 0.5) is 10.2 Å². The lowest BCUT2D eigenvalue weighted by atomic mass is 10.0. The first-order valence-corrected chi connectivity index (χ1v) is 11.2. The van der Waals surface area contributed by atoms with E-state index in [1.54, 1.807) is 22.8 Å². The molecule has 4 heterocycles. The fourth-order valence-corrected chi connectivity index (χ4v) is 4.48. The molecule has 5 rings (SSSR count). The van der Waals surface area contributed by atoms with Crippen LogP contribution < -0.4 is 5.32 Å². The molecule has 9 nitrogen and oxygen atoms in total. The number of hydrogen-bond donors (Lipinski definition) is 1. The summed E-state index contributed by atoms with van der Waals surface area (Å²) in [7, 11) is 0. The highest BCUT2D eigenvalue weighted by molar-refractivity contribution is 5.77. The summed E-state index contributed by atoms with van der Waals surface area (Å²) in [6.45, 7) is 2.60. The third-order valence-electron chi connectivity index (χ3n) is 6.17. The Labute approximate surface area is 195 Å². The maximum atomic E-state index is 13.6. The van der Waals surface area contributed by atoms with E-state index in [1.807, 2.05) is 18.5 Å². The molecule has 4 aromatic rings. The van der Waals surface area contributed by atoms with E-state index in [0.29, 0.717) is 30.0 Å². The van der Waals surface area contributed by atoms with E-state index in [2.05, 4.69) is 25.8 Å². The van der Waals surface area contributed by atoms with Crippen LogP contribution in [-0.2, 0) is 4.79 Å². The third kappa shape index (κ3) is 4.25. The molecule has 0 bridgehead atoms. The lowest BCUT2D eigenvalue weighted by molar-refractivity contribution is -0.105. The van der Waals surface area contributed by atoms with E-state index in [0.717, 1.165) is 49.4 Å². The number of amides is 1. The van der Waals surface area contributed by atoms with Crippen LogP contribution in [0.1, 0.15) is 25.3 Å². The monoisotopic (exact) mass is 458 g/mol. The Morgan fingerprint density at radius 2 is 1.97 bits per heavy atom. The topological polar surface area (TPSA) is 104 Å². The van der Waals surface area contributed by atoms with E-state index in [1.165, 1.54) is 12.1 Å². The first kappa shape index (κ1) is 21.7. The molecular weight excluding hydrogens is 435 g/mol. The number of likely N-dealkylation sites (tertiary alicyclic amines) is 1. The zero-order valence-corrected chi connectivity index (χ0v) is 18.4. The smallest absolute Gasteiger partial charge is 0.212 e. The normalized spacial score (nSPS) is 14.8. The summed E-state index contributed by atoms with van der Waals surface area (Å²) in [6.07, 6.45) is 6.46. The van der Waals surface area contributed by atoms with Crippen molar-refractivity contribution in [1.82, 2.24) is 29.0 Å². The molecule has 0 aliphatic carbocycles. The first-order valence-electron chi connectivity index (χ1n) is 11.2. The van der Waals surface area contributed by atoms with Gasteiger partial charge in [0.1, 0.15) is 11.5 Å². The average Bonchev–Trinajstić information content (AvgIpc) is 3.47. The third-order valence-corrected chi connectivity index (χ3v) is 6.17. The predicted molar refractivity (Wildman–Crippen MR) is 124 cm³/mol. The van der Waals surface area contributed by atoms with E-state index in [9.17, 15) is 9.18 Å². The van der Waals surface area contributed by atoms with Crippen LogP contribution in [0.2, 0.25) is 0 Å². The number of piperidine rings is 1. The van der Waals surface area contributed by atoms with Gasteiger partial charge in [-0.15, -0.1) is 0 Å². The van der Waals surface area contributed by atoms with Crippen molar-refractivity contribution in [2.45, 2.75) is 25.3 Å². The van der Waals surface area contributed by atoms with E-state index in [-0.39, 0.29) is 11.9 Å². The number of nitriles is 1.